The van der Waals surface area contributed by atoms with Gasteiger partial charge in [0.05, 0.1) is 13.2 Å². The molecule has 0 atom stereocenters. The van der Waals surface area contributed by atoms with Crippen LogP contribution in [0.1, 0.15) is 33.6 Å². The summed E-state index contributed by atoms with van der Waals surface area (Å²) in [5.74, 6) is 0. The van der Waals surface area contributed by atoms with E-state index in [4.69, 9.17) is 4.74 Å². The molecule has 2 heteroatoms. The fourth-order valence-electron chi connectivity index (χ4n) is 1.50. The van der Waals surface area contributed by atoms with Crippen LogP contribution in [-0.4, -0.2) is 26.3 Å². The molecular formula is C12H23NO. The molecule has 1 heterocycles. The molecule has 0 bridgehead atoms. The van der Waals surface area contributed by atoms with Gasteiger partial charge < -0.3 is 10.1 Å². The van der Waals surface area contributed by atoms with Gasteiger partial charge >= 0.3 is 0 Å². The molecular weight excluding hydrogens is 174 g/mol. The van der Waals surface area contributed by atoms with Crippen LogP contribution in [0.3, 0.4) is 0 Å². The Kier molecular flexibility index (Phi) is 4.63. The van der Waals surface area contributed by atoms with Gasteiger partial charge in [0.25, 0.3) is 0 Å². The Bertz CT molecular complexity index is 191. The molecule has 0 aromatic heterocycles. The van der Waals surface area contributed by atoms with Gasteiger partial charge in [-0.1, -0.05) is 32.4 Å². The summed E-state index contributed by atoms with van der Waals surface area (Å²) in [5.41, 5.74) is 1.95. The third-order valence-corrected chi connectivity index (χ3v) is 2.34. The molecule has 1 aliphatic heterocycles. The third kappa shape index (κ3) is 5.40. The molecule has 0 radical (unpaired) electrons. The first kappa shape index (κ1) is 11.7. The lowest BCUT2D eigenvalue weighted by Gasteiger charge is -2.19. The largest absolute Gasteiger partial charge is 0.377 e. The Balaban J connectivity index is 2.06. The minimum absolute atomic E-state index is 0.393. The van der Waals surface area contributed by atoms with Crippen LogP contribution in [0.15, 0.2) is 11.6 Å². The standard InChI is InChI=1S/C12H23NO/c1-12(2,3)10-13-7-4-11-5-8-14-9-6-11/h5,13H,4,6-10H2,1-3H3. The normalized spacial score (nSPS) is 18.1. The van der Waals surface area contributed by atoms with Crippen molar-refractivity contribution in [2.75, 3.05) is 26.3 Å². The molecule has 82 valence electrons. The van der Waals surface area contributed by atoms with Crippen molar-refractivity contribution in [2.24, 2.45) is 5.41 Å². The van der Waals surface area contributed by atoms with Gasteiger partial charge in [-0.05, 0) is 24.8 Å². The summed E-state index contributed by atoms with van der Waals surface area (Å²) in [6.45, 7) is 10.7. The smallest absolute Gasteiger partial charge is 0.0650 e. The first-order valence-corrected chi connectivity index (χ1v) is 5.54. The van der Waals surface area contributed by atoms with E-state index >= 15 is 0 Å². The van der Waals surface area contributed by atoms with Gasteiger partial charge in [-0.25, -0.2) is 0 Å². The number of nitrogens with one attached hydrogen (secondary N) is 1. The van der Waals surface area contributed by atoms with Crippen molar-refractivity contribution in [3.8, 4) is 0 Å². The van der Waals surface area contributed by atoms with Crippen molar-refractivity contribution in [3.63, 3.8) is 0 Å². The summed E-state index contributed by atoms with van der Waals surface area (Å²) in [7, 11) is 0. The van der Waals surface area contributed by atoms with Crippen molar-refractivity contribution in [1.29, 1.82) is 0 Å². The molecule has 0 unspecified atom stereocenters. The molecule has 0 aromatic carbocycles. The van der Waals surface area contributed by atoms with E-state index < -0.39 is 0 Å². The van der Waals surface area contributed by atoms with Crippen molar-refractivity contribution in [3.05, 3.63) is 11.6 Å². The first-order chi connectivity index (χ1) is 6.58. The highest BCUT2D eigenvalue weighted by atomic mass is 16.5. The molecule has 2 nitrogen and oxygen atoms in total. The predicted molar refractivity (Wildman–Crippen MR) is 60.5 cm³/mol. The molecule has 0 aromatic rings. The summed E-state index contributed by atoms with van der Waals surface area (Å²) >= 11 is 0. The van der Waals surface area contributed by atoms with Crippen LogP contribution in [-0.2, 0) is 4.74 Å². The molecule has 0 saturated heterocycles. The minimum Gasteiger partial charge on any atom is -0.377 e. The Morgan fingerprint density at radius 2 is 2.21 bits per heavy atom. The molecule has 1 aliphatic rings. The van der Waals surface area contributed by atoms with Crippen molar-refractivity contribution >= 4 is 0 Å². The molecule has 1 rings (SSSR count). The van der Waals surface area contributed by atoms with Crippen LogP contribution in [0.4, 0.5) is 0 Å². The zero-order valence-electron chi connectivity index (χ0n) is 9.73. The van der Waals surface area contributed by atoms with Gasteiger partial charge in [0, 0.05) is 6.54 Å². The second kappa shape index (κ2) is 5.52. The van der Waals surface area contributed by atoms with Gasteiger partial charge in [-0.15, -0.1) is 0 Å². The van der Waals surface area contributed by atoms with Crippen molar-refractivity contribution in [1.82, 2.24) is 5.32 Å². The number of hydrogen-bond donors (Lipinski definition) is 1. The fraction of sp³-hybridized carbons (Fsp3) is 0.833. The van der Waals surface area contributed by atoms with Crippen molar-refractivity contribution < 1.29 is 4.74 Å². The van der Waals surface area contributed by atoms with Crippen LogP contribution in [0, 0.1) is 5.41 Å². The Labute approximate surface area is 87.7 Å². The summed E-state index contributed by atoms with van der Waals surface area (Å²) in [4.78, 5) is 0. The lowest BCUT2D eigenvalue weighted by molar-refractivity contribution is 0.153. The van der Waals surface area contributed by atoms with E-state index in [2.05, 4.69) is 32.2 Å². The van der Waals surface area contributed by atoms with Gasteiger partial charge in [0.2, 0.25) is 0 Å². The minimum atomic E-state index is 0.393. The highest BCUT2D eigenvalue weighted by Crippen LogP contribution is 2.12. The molecule has 0 amide bonds. The highest BCUT2D eigenvalue weighted by Gasteiger charge is 2.09. The van der Waals surface area contributed by atoms with Crippen LogP contribution in [0.5, 0.6) is 0 Å². The van der Waals surface area contributed by atoms with Gasteiger partial charge in [-0.3, -0.25) is 0 Å². The first-order valence-electron chi connectivity index (χ1n) is 5.54. The van der Waals surface area contributed by atoms with Crippen LogP contribution in [0.2, 0.25) is 0 Å². The maximum atomic E-state index is 5.26. The van der Waals surface area contributed by atoms with Crippen LogP contribution in [0.25, 0.3) is 0 Å². The zero-order valence-corrected chi connectivity index (χ0v) is 9.73. The van der Waals surface area contributed by atoms with E-state index in [-0.39, 0.29) is 0 Å². The molecule has 0 aliphatic carbocycles. The zero-order chi connectivity index (χ0) is 10.4. The quantitative estimate of drug-likeness (QED) is 0.552. The second-order valence-electron chi connectivity index (χ2n) is 5.17. The summed E-state index contributed by atoms with van der Waals surface area (Å²) in [5, 5.41) is 3.49. The maximum Gasteiger partial charge on any atom is 0.0650 e. The Hall–Kier alpha value is -0.340. The van der Waals surface area contributed by atoms with E-state index in [9.17, 15) is 0 Å². The van der Waals surface area contributed by atoms with E-state index in [0.29, 0.717) is 5.41 Å². The molecule has 14 heavy (non-hydrogen) atoms. The summed E-state index contributed by atoms with van der Waals surface area (Å²) in [6, 6.07) is 0. The molecule has 0 spiro atoms. The summed E-state index contributed by atoms with van der Waals surface area (Å²) < 4.78 is 5.26. The van der Waals surface area contributed by atoms with E-state index in [1.807, 2.05) is 0 Å². The van der Waals surface area contributed by atoms with Gasteiger partial charge in [-0.2, -0.15) is 0 Å². The van der Waals surface area contributed by atoms with Gasteiger partial charge in [0.15, 0.2) is 0 Å². The third-order valence-electron chi connectivity index (χ3n) is 2.34. The lowest BCUT2D eigenvalue weighted by Crippen LogP contribution is -2.28. The number of rotatable bonds is 4. The molecule has 0 saturated carbocycles. The molecule has 1 N–H and O–H groups in total. The van der Waals surface area contributed by atoms with E-state index in [1.54, 1.807) is 5.57 Å². The van der Waals surface area contributed by atoms with Crippen LogP contribution >= 0.6 is 0 Å². The number of hydrogen-bond acceptors (Lipinski definition) is 2. The second-order valence-corrected chi connectivity index (χ2v) is 5.17. The lowest BCUT2D eigenvalue weighted by atomic mass is 9.97. The predicted octanol–water partition coefficient (Wildman–Crippen LogP) is 2.36. The average molecular weight is 197 g/mol. The highest BCUT2D eigenvalue weighted by molar-refractivity contribution is 5.04. The topological polar surface area (TPSA) is 21.3 Å². The van der Waals surface area contributed by atoms with Gasteiger partial charge in [0.1, 0.15) is 0 Å². The van der Waals surface area contributed by atoms with E-state index in [1.165, 1.54) is 6.42 Å². The number of ether oxygens (including phenoxy) is 1. The fourth-order valence-corrected chi connectivity index (χ4v) is 1.50. The molecule has 0 fully saturated rings. The monoisotopic (exact) mass is 197 g/mol. The van der Waals surface area contributed by atoms with Crippen molar-refractivity contribution in [2.45, 2.75) is 33.6 Å². The SMILES string of the molecule is CC(C)(C)CNCCC1=CCOCC1. The van der Waals surface area contributed by atoms with E-state index in [0.717, 1.165) is 32.7 Å². The Morgan fingerprint density at radius 1 is 1.43 bits per heavy atom. The Morgan fingerprint density at radius 3 is 2.79 bits per heavy atom. The van der Waals surface area contributed by atoms with Crippen LogP contribution < -0.4 is 5.32 Å². The summed E-state index contributed by atoms with van der Waals surface area (Å²) in [6.07, 6.45) is 4.53. The maximum absolute atomic E-state index is 5.26. The average Bonchev–Trinajstić information content (AvgIpc) is 2.13.